The fraction of sp³-hybridized carbons (Fsp3) is 0.357. The van der Waals surface area contributed by atoms with Gasteiger partial charge in [0.15, 0.2) is 0 Å². The van der Waals surface area contributed by atoms with Crippen molar-refractivity contribution < 1.29 is 14.3 Å². The predicted molar refractivity (Wildman–Crippen MR) is 143 cm³/mol. The Morgan fingerprint density at radius 3 is 2.68 bits per heavy atom. The molecule has 0 aliphatic heterocycles. The van der Waals surface area contributed by atoms with Crippen molar-refractivity contribution in [3.05, 3.63) is 76.5 Å². The molecule has 37 heavy (non-hydrogen) atoms. The van der Waals surface area contributed by atoms with Gasteiger partial charge in [-0.2, -0.15) is 0 Å². The second-order valence-electron chi connectivity index (χ2n) is 9.20. The van der Waals surface area contributed by atoms with Crippen LogP contribution in [-0.2, 0) is 22.7 Å². The van der Waals surface area contributed by atoms with E-state index >= 15 is 0 Å². The smallest absolute Gasteiger partial charge is 0.247 e. The zero-order valence-corrected chi connectivity index (χ0v) is 21.7. The summed E-state index contributed by atoms with van der Waals surface area (Å²) in [6.45, 7) is 2.63. The summed E-state index contributed by atoms with van der Waals surface area (Å²) >= 11 is 1.56. The molecular formula is C28H31N5O3S. The number of hydrogen-bond donors (Lipinski definition) is 1. The zero-order valence-electron chi connectivity index (χ0n) is 20.9. The first-order valence-electron chi connectivity index (χ1n) is 12.8. The van der Waals surface area contributed by atoms with Crippen LogP contribution in [-0.4, -0.2) is 44.4 Å². The average molecular weight is 518 g/mol. The summed E-state index contributed by atoms with van der Waals surface area (Å²) in [7, 11) is 0. The normalized spacial score (nSPS) is 14.5. The number of rotatable bonds is 10. The van der Waals surface area contributed by atoms with Gasteiger partial charge >= 0.3 is 0 Å². The minimum absolute atomic E-state index is 0.0318. The van der Waals surface area contributed by atoms with Crippen molar-refractivity contribution in [1.82, 2.24) is 25.2 Å². The number of benzene rings is 2. The minimum atomic E-state index is -0.854. The fourth-order valence-corrected chi connectivity index (χ4v) is 5.64. The van der Waals surface area contributed by atoms with Gasteiger partial charge in [-0.1, -0.05) is 54.5 Å². The summed E-state index contributed by atoms with van der Waals surface area (Å²) in [6, 6.07) is 18.2. The van der Waals surface area contributed by atoms with Gasteiger partial charge in [-0.3, -0.25) is 9.59 Å². The van der Waals surface area contributed by atoms with Crippen molar-refractivity contribution >= 4 is 34.2 Å². The Balaban J connectivity index is 1.54. The summed E-state index contributed by atoms with van der Waals surface area (Å²) in [4.78, 5) is 30.6. The first-order chi connectivity index (χ1) is 18.1. The number of hydrogen-bond acceptors (Lipinski definition) is 6. The highest BCUT2D eigenvalue weighted by Crippen LogP contribution is 2.33. The van der Waals surface area contributed by atoms with Crippen LogP contribution in [0, 0.1) is 0 Å². The average Bonchev–Trinajstić information content (AvgIpc) is 3.68. The van der Waals surface area contributed by atoms with E-state index in [0.29, 0.717) is 24.5 Å². The van der Waals surface area contributed by atoms with E-state index in [1.165, 1.54) is 0 Å². The van der Waals surface area contributed by atoms with Gasteiger partial charge in [0.25, 0.3) is 0 Å². The molecule has 2 heterocycles. The van der Waals surface area contributed by atoms with Crippen molar-refractivity contribution in [2.75, 3.05) is 6.61 Å². The molecule has 1 saturated carbocycles. The van der Waals surface area contributed by atoms with Gasteiger partial charge in [0.05, 0.1) is 18.7 Å². The maximum absolute atomic E-state index is 14.0. The molecule has 1 fully saturated rings. The minimum Gasteiger partial charge on any atom is -0.494 e. The molecule has 2 aromatic carbocycles. The highest BCUT2D eigenvalue weighted by Gasteiger charge is 2.35. The summed E-state index contributed by atoms with van der Waals surface area (Å²) in [5.74, 6) is 0.195. The number of fused-ring (bicyclic) bond motifs is 1. The highest BCUT2D eigenvalue weighted by atomic mass is 32.1. The Hall–Kier alpha value is -3.72. The zero-order chi connectivity index (χ0) is 25.6. The van der Waals surface area contributed by atoms with Gasteiger partial charge in [0.1, 0.15) is 23.9 Å². The topological polar surface area (TPSA) is 89.4 Å². The van der Waals surface area contributed by atoms with Crippen molar-refractivity contribution in [2.24, 2.45) is 0 Å². The van der Waals surface area contributed by atoms with Gasteiger partial charge in [0, 0.05) is 16.5 Å². The lowest BCUT2D eigenvalue weighted by atomic mass is 10.0. The second kappa shape index (κ2) is 11.6. The molecule has 1 N–H and O–H groups in total. The van der Waals surface area contributed by atoms with Crippen molar-refractivity contribution in [3.8, 4) is 5.75 Å². The molecule has 0 radical (unpaired) electrons. The Morgan fingerprint density at radius 1 is 1.11 bits per heavy atom. The largest absolute Gasteiger partial charge is 0.494 e. The molecule has 0 bridgehead atoms. The molecule has 4 aromatic rings. The summed E-state index contributed by atoms with van der Waals surface area (Å²) in [5, 5.41) is 13.6. The quantitative estimate of drug-likeness (QED) is 0.329. The van der Waals surface area contributed by atoms with Crippen LogP contribution >= 0.6 is 11.3 Å². The lowest BCUT2D eigenvalue weighted by Gasteiger charge is -2.33. The number of nitrogens with zero attached hydrogens (tertiary/aromatic N) is 4. The number of nitrogens with one attached hydrogen (secondary N) is 1. The van der Waals surface area contributed by atoms with E-state index in [2.05, 4.69) is 15.6 Å². The molecule has 0 spiro atoms. The molecule has 0 unspecified atom stereocenters. The molecule has 1 atom stereocenters. The number of carbonyl (C=O) groups is 2. The van der Waals surface area contributed by atoms with E-state index in [-0.39, 0.29) is 24.4 Å². The van der Waals surface area contributed by atoms with Crippen LogP contribution in [0.15, 0.2) is 66.0 Å². The predicted octanol–water partition coefficient (Wildman–Crippen LogP) is 4.72. The van der Waals surface area contributed by atoms with Crippen LogP contribution in [0.5, 0.6) is 5.75 Å². The number of ether oxygens (including phenoxy) is 1. The van der Waals surface area contributed by atoms with Crippen LogP contribution in [0.25, 0.3) is 11.0 Å². The Kier molecular flexibility index (Phi) is 7.79. The summed E-state index contributed by atoms with van der Waals surface area (Å²) in [5.41, 5.74) is 2.17. The molecule has 2 amide bonds. The lowest BCUT2D eigenvalue weighted by Crippen LogP contribution is -2.46. The Morgan fingerprint density at radius 2 is 1.89 bits per heavy atom. The first kappa shape index (κ1) is 25.0. The van der Waals surface area contributed by atoms with Crippen LogP contribution < -0.4 is 10.1 Å². The third-order valence-corrected chi connectivity index (χ3v) is 7.57. The molecule has 8 nitrogen and oxygen atoms in total. The van der Waals surface area contributed by atoms with Gasteiger partial charge in [-0.25, -0.2) is 4.68 Å². The maximum Gasteiger partial charge on any atom is 0.247 e. The number of amides is 2. The van der Waals surface area contributed by atoms with Crippen LogP contribution in [0.1, 0.15) is 49.1 Å². The van der Waals surface area contributed by atoms with Gasteiger partial charge in [0.2, 0.25) is 11.8 Å². The van der Waals surface area contributed by atoms with E-state index in [9.17, 15) is 9.59 Å². The Labute approximate surface area is 220 Å². The highest BCUT2D eigenvalue weighted by molar-refractivity contribution is 7.09. The van der Waals surface area contributed by atoms with Crippen molar-refractivity contribution in [3.63, 3.8) is 0 Å². The van der Waals surface area contributed by atoms with Crippen molar-refractivity contribution in [1.29, 1.82) is 0 Å². The number of para-hydroxylation sites is 2. The van der Waals surface area contributed by atoms with Crippen molar-refractivity contribution in [2.45, 2.75) is 57.8 Å². The SMILES string of the molecule is CCOc1ccccc1[C@@H](C(=O)NC1CCCC1)N(Cc1cccs1)C(=O)Cn1nnc2ccccc21. The number of carbonyl (C=O) groups excluding carboxylic acids is 2. The molecule has 1 aliphatic rings. The fourth-order valence-electron chi connectivity index (χ4n) is 4.94. The lowest BCUT2D eigenvalue weighted by molar-refractivity contribution is -0.142. The molecule has 5 rings (SSSR count). The monoisotopic (exact) mass is 517 g/mol. The van der Waals surface area contributed by atoms with Gasteiger partial charge < -0.3 is 15.0 Å². The Bertz CT molecular complexity index is 1350. The van der Waals surface area contributed by atoms with E-state index in [1.807, 2.05) is 73.0 Å². The van der Waals surface area contributed by atoms with E-state index in [4.69, 9.17) is 4.74 Å². The summed E-state index contributed by atoms with van der Waals surface area (Å²) in [6.07, 6.45) is 4.11. The summed E-state index contributed by atoms with van der Waals surface area (Å²) < 4.78 is 7.52. The van der Waals surface area contributed by atoms with E-state index < -0.39 is 6.04 Å². The maximum atomic E-state index is 14.0. The molecular weight excluding hydrogens is 486 g/mol. The van der Waals surface area contributed by atoms with Gasteiger partial charge in [-0.05, 0) is 49.4 Å². The van der Waals surface area contributed by atoms with Crippen LogP contribution in [0.3, 0.4) is 0 Å². The van der Waals surface area contributed by atoms with Crippen LogP contribution in [0.2, 0.25) is 0 Å². The molecule has 2 aromatic heterocycles. The molecule has 1 aliphatic carbocycles. The standard InChI is InChI=1S/C28H31N5O3S/c1-2-36-25-16-8-5-13-22(25)27(28(35)29-20-10-3-4-11-20)32(18-21-12-9-17-37-21)26(34)19-33-24-15-7-6-14-23(24)30-31-33/h5-9,12-17,20,27H,2-4,10-11,18-19H2,1H3,(H,29,35)/t27-/m0/s1. The third-order valence-electron chi connectivity index (χ3n) is 6.71. The molecule has 9 heteroatoms. The van der Waals surface area contributed by atoms with E-state index in [0.717, 1.165) is 41.6 Å². The third kappa shape index (κ3) is 5.67. The first-order valence-corrected chi connectivity index (χ1v) is 13.6. The number of thiophene rings is 1. The van der Waals surface area contributed by atoms with Crippen LogP contribution in [0.4, 0.5) is 0 Å². The second-order valence-corrected chi connectivity index (χ2v) is 10.2. The van der Waals surface area contributed by atoms with E-state index in [1.54, 1.807) is 20.9 Å². The molecule has 0 saturated heterocycles. The number of aromatic nitrogens is 3. The molecule has 192 valence electrons. The van der Waals surface area contributed by atoms with Gasteiger partial charge in [-0.15, -0.1) is 16.4 Å².